The number of aliphatic hydroxyl groups is 1. The van der Waals surface area contributed by atoms with Gasteiger partial charge in [0.25, 0.3) is 0 Å². The predicted octanol–water partition coefficient (Wildman–Crippen LogP) is 3.69. The minimum atomic E-state index is -0.564. The van der Waals surface area contributed by atoms with Crippen molar-refractivity contribution in [2.24, 2.45) is 0 Å². The number of likely N-dealkylation sites (tertiary alicyclic amines) is 1. The normalized spacial score (nSPS) is 19.3. The van der Waals surface area contributed by atoms with E-state index in [1.54, 1.807) is 15.8 Å². The largest absolute Gasteiger partial charge is 0.444 e. The molecule has 0 saturated carbocycles. The molecule has 8 nitrogen and oxygen atoms in total. The minimum absolute atomic E-state index is 0.140. The lowest BCUT2D eigenvalue weighted by molar-refractivity contribution is -0.0527. The number of carbonyl (C=O) groups excluding carboxylic acids is 1. The number of fused-ring (bicyclic) bond motifs is 1. The van der Waals surface area contributed by atoms with Crippen LogP contribution in [-0.4, -0.2) is 55.9 Å². The molecule has 2 atom stereocenters. The van der Waals surface area contributed by atoms with Gasteiger partial charge in [-0.2, -0.15) is 0 Å². The fourth-order valence-corrected chi connectivity index (χ4v) is 4.03. The van der Waals surface area contributed by atoms with Crippen molar-refractivity contribution in [2.45, 2.75) is 58.2 Å². The van der Waals surface area contributed by atoms with E-state index in [0.29, 0.717) is 31.8 Å². The van der Waals surface area contributed by atoms with Gasteiger partial charge in [0.2, 0.25) is 0 Å². The maximum absolute atomic E-state index is 12.7. The van der Waals surface area contributed by atoms with E-state index in [-0.39, 0.29) is 24.8 Å². The summed E-state index contributed by atoms with van der Waals surface area (Å²) in [6.07, 6.45) is 1.50. The number of benzene rings is 2. The number of piperidine rings is 1. The van der Waals surface area contributed by atoms with Gasteiger partial charge in [0.05, 0.1) is 43.8 Å². The topological polar surface area (TPSA) is 89.7 Å². The van der Waals surface area contributed by atoms with Gasteiger partial charge in [-0.1, -0.05) is 41.6 Å². The van der Waals surface area contributed by atoms with Gasteiger partial charge in [-0.05, 0) is 49.6 Å². The van der Waals surface area contributed by atoms with Gasteiger partial charge in [0, 0.05) is 6.54 Å². The average Bonchev–Trinajstić information content (AvgIpc) is 3.25. The van der Waals surface area contributed by atoms with E-state index in [0.717, 1.165) is 10.9 Å². The highest BCUT2D eigenvalue weighted by Gasteiger charge is 2.36. The minimum Gasteiger partial charge on any atom is -0.444 e. The second-order valence-electron chi connectivity index (χ2n) is 9.14. The molecule has 3 aromatic rings. The molecule has 2 aromatic carbocycles. The molecule has 1 aliphatic heterocycles. The molecule has 170 valence electrons. The average molecular weight is 439 g/mol. The zero-order chi connectivity index (χ0) is 22.7. The van der Waals surface area contributed by atoms with Gasteiger partial charge in [0.1, 0.15) is 5.60 Å². The summed E-state index contributed by atoms with van der Waals surface area (Å²) in [5, 5.41) is 20.1. The van der Waals surface area contributed by atoms with Crippen molar-refractivity contribution in [2.75, 3.05) is 13.1 Å². The number of amides is 1. The summed E-state index contributed by atoms with van der Waals surface area (Å²) in [6, 6.07) is 14.3. The van der Waals surface area contributed by atoms with Gasteiger partial charge in [0.15, 0.2) is 0 Å². The van der Waals surface area contributed by atoms with Crippen molar-refractivity contribution < 1.29 is 19.4 Å². The predicted molar refractivity (Wildman–Crippen MR) is 120 cm³/mol. The first-order valence-corrected chi connectivity index (χ1v) is 10.9. The fraction of sp³-hybridized carbons (Fsp3) is 0.458. The summed E-state index contributed by atoms with van der Waals surface area (Å²) >= 11 is 0. The lowest BCUT2D eigenvalue weighted by Crippen LogP contribution is -2.50. The van der Waals surface area contributed by atoms with E-state index in [9.17, 15) is 9.90 Å². The van der Waals surface area contributed by atoms with Crippen molar-refractivity contribution in [3.05, 3.63) is 59.9 Å². The summed E-state index contributed by atoms with van der Waals surface area (Å²) in [5.74, 6) is 0. The number of hydrogen-bond donors (Lipinski definition) is 1. The monoisotopic (exact) mass is 438 g/mol. The van der Waals surface area contributed by atoms with E-state index in [1.165, 1.54) is 5.39 Å². The van der Waals surface area contributed by atoms with Crippen molar-refractivity contribution in [3.8, 4) is 0 Å². The van der Waals surface area contributed by atoms with Crippen LogP contribution in [0.15, 0.2) is 48.7 Å². The van der Waals surface area contributed by atoms with Crippen molar-refractivity contribution in [1.82, 2.24) is 19.9 Å². The molecular formula is C24H30N4O4. The molecule has 1 fully saturated rings. The molecule has 0 bridgehead atoms. The molecule has 1 aliphatic rings. The SMILES string of the molecule is CC(C)(C)OC(=O)N1CCC(n2nncc2CO)C(OCc2ccc3ccccc3c2)C1. The van der Waals surface area contributed by atoms with Crippen LogP contribution in [0.25, 0.3) is 10.8 Å². The van der Waals surface area contributed by atoms with Crippen LogP contribution < -0.4 is 0 Å². The highest BCUT2D eigenvalue weighted by Crippen LogP contribution is 2.28. The number of ether oxygens (including phenoxy) is 2. The number of aliphatic hydroxyl groups excluding tert-OH is 1. The smallest absolute Gasteiger partial charge is 0.410 e. The third kappa shape index (κ3) is 5.08. The number of rotatable bonds is 5. The molecule has 2 unspecified atom stereocenters. The fourth-order valence-electron chi connectivity index (χ4n) is 4.03. The van der Waals surface area contributed by atoms with Crippen LogP contribution >= 0.6 is 0 Å². The van der Waals surface area contributed by atoms with Crippen molar-refractivity contribution in [3.63, 3.8) is 0 Å². The number of aromatic nitrogens is 3. The third-order valence-corrected chi connectivity index (χ3v) is 5.58. The molecule has 4 rings (SSSR count). The number of hydrogen-bond acceptors (Lipinski definition) is 6. The van der Waals surface area contributed by atoms with Crippen LogP contribution in [0, 0.1) is 0 Å². The quantitative estimate of drug-likeness (QED) is 0.653. The molecule has 1 N–H and O–H groups in total. The van der Waals surface area contributed by atoms with Gasteiger partial charge in [-0.15, -0.1) is 5.10 Å². The number of nitrogens with zero attached hydrogens (tertiary/aromatic N) is 4. The Labute approximate surface area is 187 Å². The maximum Gasteiger partial charge on any atom is 0.410 e. The molecule has 0 spiro atoms. The third-order valence-electron chi connectivity index (χ3n) is 5.58. The van der Waals surface area contributed by atoms with E-state index in [1.807, 2.05) is 32.9 Å². The molecule has 32 heavy (non-hydrogen) atoms. The Hall–Kier alpha value is -2.97. The second kappa shape index (κ2) is 9.26. The molecule has 1 aromatic heterocycles. The Bertz CT molecular complexity index is 1080. The molecular weight excluding hydrogens is 408 g/mol. The van der Waals surface area contributed by atoms with E-state index < -0.39 is 5.60 Å². The molecule has 8 heteroatoms. The van der Waals surface area contributed by atoms with E-state index in [4.69, 9.17) is 9.47 Å². The zero-order valence-corrected chi connectivity index (χ0v) is 18.8. The first-order valence-electron chi connectivity index (χ1n) is 10.9. The lowest BCUT2D eigenvalue weighted by Gasteiger charge is -2.39. The van der Waals surface area contributed by atoms with Crippen molar-refractivity contribution in [1.29, 1.82) is 0 Å². The maximum atomic E-state index is 12.7. The highest BCUT2D eigenvalue weighted by atomic mass is 16.6. The molecule has 0 aliphatic carbocycles. The summed E-state index contributed by atoms with van der Waals surface area (Å²) in [6.45, 7) is 6.70. The van der Waals surface area contributed by atoms with Crippen LogP contribution in [0.1, 0.15) is 44.5 Å². The van der Waals surface area contributed by atoms with Crippen LogP contribution in [0.5, 0.6) is 0 Å². The summed E-state index contributed by atoms with van der Waals surface area (Å²) in [5.41, 5.74) is 1.11. The Morgan fingerprint density at radius 2 is 1.97 bits per heavy atom. The van der Waals surface area contributed by atoms with Gasteiger partial charge >= 0.3 is 6.09 Å². The first kappa shape index (κ1) is 22.2. The standard InChI is InChI=1S/C24H30N4O4/c1-24(2,3)32-23(30)27-11-10-21(28-20(15-29)13-25-26-28)22(14-27)31-16-17-8-9-18-6-4-5-7-19(18)12-17/h4-9,12-13,21-22,29H,10-11,14-16H2,1-3H3. The van der Waals surface area contributed by atoms with Crippen LogP contribution in [-0.2, 0) is 22.7 Å². The van der Waals surface area contributed by atoms with Crippen LogP contribution in [0.2, 0.25) is 0 Å². The molecule has 2 heterocycles. The Balaban J connectivity index is 1.53. The zero-order valence-electron chi connectivity index (χ0n) is 18.8. The second-order valence-corrected chi connectivity index (χ2v) is 9.14. The molecule has 0 radical (unpaired) electrons. The Morgan fingerprint density at radius 1 is 1.19 bits per heavy atom. The summed E-state index contributed by atoms with van der Waals surface area (Å²) in [4.78, 5) is 14.4. The summed E-state index contributed by atoms with van der Waals surface area (Å²) in [7, 11) is 0. The van der Waals surface area contributed by atoms with Crippen LogP contribution in [0.4, 0.5) is 4.79 Å². The highest BCUT2D eigenvalue weighted by molar-refractivity contribution is 5.82. The molecule has 1 amide bonds. The lowest BCUT2D eigenvalue weighted by atomic mass is 10.0. The molecule has 1 saturated heterocycles. The Kier molecular flexibility index (Phi) is 6.43. The van der Waals surface area contributed by atoms with Crippen LogP contribution in [0.3, 0.4) is 0 Å². The van der Waals surface area contributed by atoms with Gasteiger partial charge in [-0.25, -0.2) is 9.48 Å². The Morgan fingerprint density at radius 3 is 2.72 bits per heavy atom. The summed E-state index contributed by atoms with van der Waals surface area (Å²) < 4.78 is 13.6. The first-order chi connectivity index (χ1) is 15.3. The van der Waals surface area contributed by atoms with E-state index >= 15 is 0 Å². The number of carbonyl (C=O) groups is 1. The van der Waals surface area contributed by atoms with E-state index in [2.05, 4.69) is 40.6 Å². The van der Waals surface area contributed by atoms with Gasteiger partial charge < -0.3 is 19.5 Å². The van der Waals surface area contributed by atoms with Crippen molar-refractivity contribution >= 4 is 16.9 Å². The van der Waals surface area contributed by atoms with Gasteiger partial charge in [-0.3, -0.25) is 0 Å².